The predicted octanol–water partition coefficient (Wildman–Crippen LogP) is 3.40. The van der Waals surface area contributed by atoms with E-state index in [4.69, 9.17) is 4.74 Å². The molecule has 28 heavy (non-hydrogen) atoms. The van der Waals surface area contributed by atoms with Gasteiger partial charge in [0, 0.05) is 0 Å². The summed E-state index contributed by atoms with van der Waals surface area (Å²) in [7, 11) is -3.80. The van der Waals surface area contributed by atoms with Gasteiger partial charge in [-0.25, -0.2) is 13.2 Å². The number of nitrogens with one attached hydrogen (secondary N) is 2. The van der Waals surface area contributed by atoms with E-state index in [-0.39, 0.29) is 5.92 Å². The van der Waals surface area contributed by atoms with E-state index in [2.05, 4.69) is 16.6 Å². The summed E-state index contributed by atoms with van der Waals surface area (Å²) in [6.45, 7) is 10.8. The number of unbranched alkanes of at least 4 members (excludes halogenated alkanes) is 2. The Morgan fingerprint density at radius 1 is 1.25 bits per heavy atom. The number of ether oxygens (including phenoxy) is 1. The van der Waals surface area contributed by atoms with Gasteiger partial charge in [0.1, 0.15) is 11.1 Å². The smallest absolute Gasteiger partial charge is 0.408 e. The van der Waals surface area contributed by atoms with Crippen LogP contribution in [-0.4, -0.2) is 36.3 Å². The van der Waals surface area contributed by atoms with Gasteiger partial charge < -0.3 is 10.1 Å². The molecule has 0 spiro atoms. The zero-order valence-electron chi connectivity index (χ0n) is 17.5. The van der Waals surface area contributed by atoms with Crippen molar-refractivity contribution < 1.29 is 22.7 Å². The molecule has 0 aromatic carbocycles. The lowest BCUT2D eigenvalue weighted by atomic mass is 10.1. The first-order valence-corrected chi connectivity index (χ1v) is 11.6. The highest BCUT2D eigenvalue weighted by atomic mass is 32.2. The molecular formula is C20H34N2O5S. The van der Waals surface area contributed by atoms with Crippen LogP contribution in [0.25, 0.3) is 0 Å². The summed E-state index contributed by atoms with van der Waals surface area (Å²) in [5, 5.41) is 2.63. The number of alkyl carbamates (subject to hydrolysis) is 1. The van der Waals surface area contributed by atoms with Gasteiger partial charge in [0.2, 0.25) is 10.0 Å². The topological polar surface area (TPSA) is 102 Å². The molecule has 160 valence electrons. The molecule has 2 N–H and O–H groups in total. The van der Waals surface area contributed by atoms with Gasteiger partial charge in [-0.05, 0) is 65.2 Å². The second-order valence-corrected chi connectivity index (χ2v) is 11.1. The maximum Gasteiger partial charge on any atom is 0.408 e. The van der Waals surface area contributed by atoms with Crippen molar-refractivity contribution in [1.82, 2.24) is 10.0 Å². The van der Waals surface area contributed by atoms with Crippen molar-refractivity contribution in [2.24, 2.45) is 5.92 Å². The molecule has 0 heterocycles. The van der Waals surface area contributed by atoms with Crippen LogP contribution in [0.4, 0.5) is 4.79 Å². The molecule has 2 aliphatic rings. The summed E-state index contributed by atoms with van der Waals surface area (Å²) in [5.41, 5.74) is -1.91. The molecular weight excluding hydrogens is 380 g/mol. The third kappa shape index (κ3) is 5.07. The van der Waals surface area contributed by atoms with Crippen LogP contribution in [0.2, 0.25) is 0 Å². The van der Waals surface area contributed by atoms with Crippen molar-refractivity contribution >= 4 is 22.0 Å². The molecule has 8 heteroatoms. The Labute approximate surface area is 168 Å². The number of hydrogen-bond acceptors (Lipinski definition) is 5. The van der Waals surface area contributed by atoms with E-state index in [1.165, 1.54) is 0 Å². The van der Waals surface area contributed by atoms with Gasteiger partial charge in [-0.1, -0.05) is 25.8 Å². The first-order valence-electron chi connectivity index (χ1n) is 10.1. The molecule has 2 rings (SSSR count). The van der Waals surface area contributed by atoms with E-state index < -0.39 is 37.9 Å². The molecule has 2 fully saturated rings. The molecule has 0 unspecified atom stereocenters. The van der Waals surface area contributed by atoms with Gasteiger partial charge in [-0.3, -0.25) is 9.52 Å². The van der Waals surface area contributed by atoms with Gasteiger partial charge in [-0.15, -0.1) is 6.58 Å². The minimum Gasteiger partial charge on any atom is -0.444 e. The molecule has 0 aromatic rings. The summed E-state index contributed by atoms with van der Waals surface area (Å²) >= 11 is 0. The zero-order chi connectivity index (χ0) is 21.2. The summed E-state index contributed by atoms with van der Waals surface area (Å²) in [6.07, 6.45) is 6.36. The first-order chi connectivity index (χ1) is 12.9. The van der Waals surface area contributed by atoms with Crippen LogP contribution in [0, 0.1) is 5.92 Å². The van der Waals surface area contributed by atoms with Crippen LogP contribution in [0.3, 0.4) is 0 Å². The van der Waals surface area contributed by atoms with Crippen molar-refractivity contribution in [2.75, 3.05) is 0 Å². The fourth-order valence-electron chi connectivity index (χ4n) is 3.65. The Bertz CT molecular complexity index is 721. The van der Waals surface area contributed by atoms with E-state index in [1.807, 2.05) is 13.0 Å². The summed E-state index contributed by atoms with van der Waals surface area (Å²) in [6, 6.07) is 0. The SMILES string of the molecule is C=CCCCCC1(S(=O)(=O)NC(=O)[C@@]2(NC(=O)OC(C)(C)C)C[C@H]2CC)CC1. The highest BCUT2D eigenvalue weighted by molar-refractivity contribution is 7.91. The predicted molar refractivity (Wildman–Crippen MR) is 108 cm³/mol. The lowest BCUT2D eigenvalue weighted by Crippen LogP contribution is -2.54. The standard InChI is InChI=1S/C20H34N2O5S/c1-6-8-9-10-11-19(12-13-19)28(25,26)22-16(23)20(14-15(20)7-2)21-17(24)27-18(3,4)5/h6,15H,1,7-14H2,2-5H3,(H,21,24)(H,22,23)/t15-,20-/m1/s1. The average Bonchev–Trinajstić information content (AvgIpc) is 3.45. The molecule has 0 aromatic heterocycles. The molecule has 2 amide bonds. The molecule has 0 aliphatic heterocycles. The van der Waals surface area contributed by atoms with E-state index in [0.717, 1.165) is 19.3 Å². The Balaban J connectivity index is 2.04. The first kappa shape index (κ1) is 22.7. The minimum absolute atomic E-state index is 0.0991. The largest absolute Gasteiger partial charge is 0.444 e. The third-order valence-electron chi connectivity index (χ3n) is 5.62. The fourth-order valence-corrected chi connectivity index (χ4v) is 5.34. The number of sulfonamides is 1. The minimum atomic E-state index is -3.80. The molecule has 0 saturated heterocycles. The number of rotatable bonds is 10. The molecule has 0 bridgehead atoms. The van der Waals surface area contributed by atoms with Crippen molar-refractivity contribution in [1.29, 1.82) is 0 Å². The number of amides is 2. The van der Waals surface area contributed by atoms with E-state index in [9.17, 15) is 18.0 Å². The van der Waals surface area contributed by atoms with Crippen molar-refractivity contribution in [3.8, 4) is 0 Å². The molecule has 2 atom stereocenters. The second kappa shape index (κ2) is 8.05. The summed E-state index contributed by atoms with van der Waals surface area (Å²) < 4.78 is 32.4. The van der Waals surface area contributed by atoms with Gasteiger partial charge in [0.05, 0.1) is 4.75 Å². The van der Waals surface area contributed by atoms with Crippen LogP contribution < -0.4 is 10.0 Å². The maximum absolute atomic E-state index is 12.9. The Hall–Kier alpha value is -1.57. The maximum atomic E-state index is 12.9. The van der Waals surface area contributed by atoms with Gasteiger partial charge in [0.15, 0.2) is 0 Å². The Morgan fingerprint density at radius 2 is 1.89 bits per heavy atom. The molecule has 2 saturated carbocycles. The zero-order valence-corrected chi connectivity index (χ0v) is 18.3. The molecule has 7 nitrogen and oxygen atoms in total. The highest BCUT2D eigenvalue weighted by Crippen LogP contribution is 2.49. The van der Waals surface area contributed by atoms with Crippen LogP contribution in [0.15, 0.2) is 12.7 Å². The van der Waals surface area contributed by atoms with E-state index >= 15 is 0 Å². The lowest BCUT2D eigenvalue weighted by molar-refractivity contribution is -0.122. The van der Waals surface area contributed by atoms with E-state index in [0.29, 0.717) is 32.1 Å². The summed E-state index contributed by atoms with van der Waals surface area (Å²) in [4.78, 5) is 25.1. The number of carbonyl (C=O) groups excluding carboxylic acids is 2. The lowest BCUT2D eigenvalue weighted by Gasteiger charge is -2.25. The van der Waals surface area contributed by atoms with Gasteiger partial charge in [0.25, 0.3) is 5.91 Å². The van der Waals surface area contributed by atoms with Crippen LogP contribution >= 0.6 is 0 Å². The molecule has 0 radical (unpaired) electrons. The normalized spacial score (nSPS) is 25.5. The highest BCUT2D eigenvalue weighted by Gasteiger charge is 2.63. The number of allylic oxidation sites excluding steroid dienone is 1. The van der Waals surface area contributed by atoms with E-state index in [1.54, 1.807) is 20.8 Å². The quantitative estimate of drug-likeness (QED) is 0.421. The van der Waals surface area contributed by atoms with Crippen LogP contribution in [-0.2, 0) is 19.6 Å². The fraction of sp³-hybridized carbons (Fsp3) is 0.800. The average molecular weight is 415 g/mol. The summed E-state index contributed by atoms with van der Waals surface area (Å²) in [5.74, 6) is -0.750. The Kier molecular flexibility index (Phi) is 6.53. The second-order valence-electron chi connectivity index (χ2n) is 9.06. The third-order valence-corrected chi connectivity index (χ3v) is 7.83. The van der Waals surface area contributed by atoms with Crippen molar-refractivity contribution in [3.63, 3.8) is 0 Å². The Morgan fingerprint density at radius 3 is 2.36 bits per heavy atom. The van der Waals surface area contributed by atoms with Gasteiger partial charge >= 0.3 is 6.09 Å². The molecule has 2 aliphatic carbocycles. The van der Waals surface area contributed by atoms with Crippen molar-refractivity contribution in [3.05, 3.63) is 12.7 Å². The monoisotopic (exact) mass is 414 g/mol. The van der Waals surface area contributed by atoms with Crippen LogP contribution in [0.5, 0.6) is 0 Å². The van der Waals surface area contributed by atoms with Crippen LogP contribution in [0.1, 0.15) is 79.1 Å². The van der Waals surface area contributed by atoms with Crippen molar-refractivity contribution in [2.45, 2.75) is 94.9 Å². The van der Waals surface area contributed by atoms with Gasteiger partial charge in [-0.2, -0.15) is 0 Å². The number of carbonyl (C=O) groups is 2. The number of hydrogen-bond donors (Lipinski definition) is 2.